The Labute approximate surface area is 123 Å². The number of hydrogen-bond donors (Lipinski definition) is 0. The van der Waals surface area contributed by atoms with Crippen molar-refractivity contribution in [2.24, 2.45) is 5.92 Å². The largest absolute Gasteiger partial charge is 0.466 e. The molecule has 0 aromatic heterocycles. The highest BCUT2D eigenvalue weighted by molar-refractivity contribution is 5.67. The van der Waals surface area contributed by atoms with Crippen LogP contribution in [0.1, 0.15) is 33.6 Å². The van der Waals surface area contributed by atoms with Crippen LogP contribution in [0.3, 0.4) is 0 Å². The molecule has 0 aromatic rings. The Morgan fingerprint density at radius 2 is 1.48 bits per heavy atom. The molecular weight excluding hydrogens is 280 g/mol. The number of carbonyl (C=O) groups excluding carboxylic acids is 3. The molecule has 1 fully saturated rings. The fraction of sp³-hybridized carbons (Fsp3) is 0.786. The molecule has 1 rings (SSSR count). The average molecular weight is 302 g/mol. The molecule has 0 saturated heterocycles. The van der Waals surface area contributed by atoms with E-state index < -0.39 is 30.3 Å². The van der Waals surface area contributed by atoms with E-state index in [-0.39, 0.29) is 18.5 Å². The zero-order chi connectivity index (χ0) is 16.0. The van der Waals surface area contributed by atoms with Gasteiger partial charge in [0.2, 0.25) is 0 Å². The van der Waals surface area contributed by atoms with Crippen molar-refractivity contribution in [1.29, 1.82) is 0 Å². The zero-order valence-corrected chi connectivity index (χ0v) is 12.8. The normalized spacial score (nSPS) is 28.6. The molecule has 21 heavy (non-hydrogen) atoms. The molecule has 0 aromatic carbocycles. The van der Waals surface area contributed by atoms with E-state index in [0.29, 0.717) is 12.8 Å². The molecule has 0 N–H and O–H groups in total. The van der Waals surface area contributed by atoms with Gasteiger partial charge in [-0.2, -0.15) is 0 Å². The number of ether oxygens (including phenoxy) is 4. The van der Waals surface area contributed by atoms with Crippen LogP contribution < -0.4 is 0 Å². The fourth-order valence-corrected chi connectivity index (χ4v) is 2.53. The van der Waals surface area contributed by atoms with Crippen LogP contribution in [0.25, 0.3) is 0 Å². The van der Waals surface area contributed by atoms with Crippen molar-refractivity contribution in [2.75, 3.05) is 13.7 Å². The van der Waals surface area contributed by atoms with Crippen molar-refractivity contribution in [3.05, 3.63) is 0 Å². The van der Waals surface area contributed by atoms with Crippen molar-refractivity contribution < 1.29 is 33.3 Å². The quantitative estimate of drug-likeness (QED) is 0.549. The number of hydrogen-bond acceptors (Lipinski definition) is 7. The number of methoxy groups -OCH3 is 1. The molecule has 0 amide bonds. The average Bonchev–Trinajstić information content (AvgIpc) is 2.37. The lowest BCUT2D eigenvalue weighted by Gasteiger charge is -2.39. The third kappa shape index (κ3) is 5.71. The Balaban J connectivity index is 2.80. The summed E-state index contributed by atoms with van der Waals surface area (Å²) in [6.07, 6.45) is -0.660. The lowest BCUT2D eigenvalue weighted by atomic mass is 9.83. The molecule has 4 atom stereocenters. The van der Waals surface area contributed by atoms with Crippen molar-refractivity contribution in [1.82, 2.24) is 0 Å². The summed E-state index contributed by atoms with van der Waals surface area (Å²) in [4.78, 5) is 33.3. The second kappa shape index (κ2) is 7.97. The predicted octanol–water partition coefficient (Wildman–Crippen LogP) is 0.838. The van der Waals surface area contributed by atoms with E-state index in [1.165, 1.54) is 27.9 Å². The SMILES string of the molecule is CO[C@@H]1C[C@H](COC(C)=O)C[C@H](OC(C)=O)[C@H]1OC(C)=O. The Morgan fingerprint density at radius 1 is 0.905 bits per heavy atom. The van der Waals surface area contributed by atoms with E-state index in [9.17, 15) is 14.4 Å². The van der Waals surface area contributed by atoms with Gasteiger partial charge in [0, 0.05) is 27.9 Å². The van der Waals surface area contributed by atoms with Gasteiger partial charge in [-0.1, -0.05) is 0 Å². The zero-order valence-electron chi connectivity index (χ0n) is 12.8. The second-order valence-electron chi connectivity index (χ2n) is 5.14. The molecule has 0 bridgehead atoms. The van der Waals surface area contributed by atoms with Gasteiger partial charge in [-0.05, 0) is 18.8 Å². The molecule has 1 saturated carbocycles. The first-order valence-corrected chi connectivity index (χ1v) is 6.84. The van der Waals surface area contributed by atoms with Gasteiger partial charge >= 0.3 is 17.9 Å². The highest BCUT2D eigenvalue weighted by Gasteiger charge is 2.42. The van der Waals surface area contributed by atoms with Crippen LogP contribution in [0.4, 0.5) is 0 Å². The Hall–Kier alpha value is -1.63. The molecule has 0 aliphatic heterocycles. The van der Waals surface area contributed by atoms with Gasteiger partial charge in [-0.3, -0.25) is 14.4 Å². The van der Waals surface area contributed by atoms with E-state index in [1.54, 1.807) is 0 Å². The van der Waals surface area contributed by atoms with Crippen LogP contribution in [0.15, 0.2) is 0 Å². The summed E-state index contributed by atoms with van der Waals surface area (Å²) in [5.74, 6) is -1.30. The maximum absolute atomic E-state index is 11.2. The molecule has 120 valence electrons. The number of esters is 3. The van der Waals surface area contributed by atoms with Crippen LogP contribution >= 0.6 is 0 Å². The monoisotopic (exact) mass is 302 g/mol. The van der Waals surface area contributed by atoms with Crippen molar-refractivity contribution in [2.45, 2.75) is 51.9 Å². The highest BCUT2D eigenvalue weighted by atomic mass is 16.6. The number of rotatable bonds is 5. The Bertz CT molecular complexity index is 393. The lowest BCUT2D eigenvalue weighted by Crippen LogP contribution is -2.50. The van der Waals surface area contributed by atoms with Gasteiger partial charge in [0.05, 0.1) is 12.7 Å². The predicted molar refractivity (Wildman–Crippen MR) is 71.3 cm³/mol. The van der Waals surface area contributed by atoms with E-state index in [2.05, 4.69) is 0 Å². The van der Waals surface area contributed by atoms with E-state index in [0.717, 1.165) is 0 Å². The lowest BCUT2D eigenvalue weighted by molar-refractivity contribution is -0.189. The molecule has 0 heterocycles. The van der Waals surface area contributed by atoms with Crippen molar-refractivity contribution in [3.8, 4) is 0 Å². The highest BCUT2D eigenvalue weighted by Crippen LogP contribution is 2.31. The smallest absolute Gasteiger partial charge is 0.303 e. The third-order valence-corrected chi connectivity index (χ3v) is 3.31. The van der Waals surface area contributed by atoms with Gasteiger partial charge < -0.3 is 18.9 Å². The molecule has 1 aliphatic rings. The summed E-state index contributed by atoms with van der Waals surface area (Å²) in [6, 6.07) is 0. The molecule has 0 unspecified atom stereocenters. The summed E-state index contributed by atoms with van der Waals surface area (Å²) >= 11 is 0. The molecule has 1 aliphatic carbocycles. The summed E-state index contributed by atoms with van der Waals surface area (Å²) in [6.45, 7) is 4.15. The van der Waals surface area contributed by atoms with Crippen LogP contribution in [-0.4, -0.2) is 49.9 Å². The van der Waals surface area contributed by atoms with Crippen molar-refractivity contribution >= 4 is 17.9 Å². The summed E-state index contributed by atoms with van der Waals surface area (Å²) in [5, 5.41) is 0. The van der Waals surface area contributed by atoms with Gasteiger partial charge in [-0.15, -0.1) is 0 Å². The van der Waals surface area contributed by atoms with E-state index >= 15 is 0 Å². The summed E-state index contributed by atoms with van der Waals surface area (Å²) < 4.78 is 20.8. The van der Waals surface area contributed by atoms with Gasteiger partial charge in [-0.25, -0.2) is 0 Å². The minimum atomic E-state index is -0.648. The first-order valence-electron chi connectivity index (χ1n) is 6.84. The maximum Gasteiger partial charge on any atom is 0.303 e. The molecule has 7 nitrogen and oxygen atoms in total. The summed E-state index contributed by atoms with van der Waals surface area (Å²) in [5.41, 5.74) is 0. The molecular formula is C14H22O7. The first-order chi connectivity index (χ1) is 9.83. The standard InChI is InChI=1S/C14H22O7/c1-8(15)19-7-11-5-12(18-4)14(21-10(3)17)13(6-11)20-9(2)16/h11-14H,5-7H2,1-4H3/t11-,12+,13-,14-/m0/s1. The fourth-order valence-electron chi connectivity index (χ4n) is 2.53. The molecule has 0 spiro atoms. The van der Waals surface area contributed by atoms with Crippen LogP contribution in [0, 0.1) is 5.92 Å². The first kappa shape index (κ1) is 17.4. The molecule has 7 heteroatoms. The van der Waals surface area contributed by atoms with Gasteiger partial charge in [0.1, 0.15) is 6.10 Å². The molecule has 0 radical (unpaired) electrons. The van der Waals surface area contributed by atoms with Crippen molar-refractivity contribution in [3.63, 3.8) is 0 Å². The Morgan fingerprint density at radius 3 is 1.95 bits per heavy atom. The summed E-state index contributed by atoms with van der Waals surface area (Å²) in [7, 11) is 1.50. The van der Waals surface area contributed by atoms with E-state index in [1.807, 2.05) is 0 Å². The Kier molecular flexibility index (Phi) is 6.61. The van der Waals surface area contributed by atoms with Gasteiger partial charge in [0.25, 0.3) is 0 Å². The second-order valence-corrected chi connectivity index (χ2v) is 5.14. The number of carbonyl (C=O) groups is 3. The van der Waals surface area contributed by atoms with Crippen LogP contribution in [0.5, 0.6) is 0 Å². The van der Waals surface area contributed by atoms with Crippen LogP contribution in [-0.2, 0) is 33.3 Å². The maximum atomic E-state index is 11.2. The van der Waals surface area contributed by atoms with E-state index in [4.69, 9.17) is 18.9 Å². The van der Waals surface area contributed by atoms with Gasteiger partial charge in [0.15, 0.2) is 6.10 Å². The topological polar surface area (TPSA) is 88.1 Å². The minimum absolute atomic E-state index is 0.0185. The third-order valence-electron chi connectivity index (χ3n) is 3.31. The minimum Gasteiger partial charge on any atom is -0.466 e. The van der Waals surface area contributed by atoms with Crippen LogP contribution in [0.2, 0.25) is 0 Å².